The smallest absolute Gasteiger partial charge is 0.338 e. The number of Topliss-reactive ketones (excluding diaryl/α,β-unsaturated/α-hetero) is 1. The SMILES string of the molecule is C=C[C@@H]1[C@@H](C)C[C@@H](C(=O)Nc2nc(Br)ccc2C)N1C(=O)Cn1nc(C(C)=O)c2cc(-c3cnc(C)nc3)c(C(=O)OC)cc21. The second kappa shape index (κ2) is 12.7. The lowest BCUT2D eigenvalue weighted by atomic mass is 9.98. The van der Waals surface area contributed by atoms with Crippen LogP contribution in [0.25, 0.3) is 22.0 Å². The Hall–Kier alpha value is -4.78. The number of nitrogens with zero attached hydrogens (tertiary/aromatic N) is 6. The topological polar surface area (TPSA) is 149 Å². The highest BCUT2D eigenvalue weighted by atomic mass is 79.9. The molecule has 5 rings (SSSR count). The van der Waals surface area contributed by atoms with Gasteiger partial charge in [0.25, 0.3) is 0 Å². The Labute approximate surface area is 268 Å². The zero-order chi connectivity index (χ0) is 32.6. The molecule has 0 bridgehead atoms. The molecule has 1 aromatic carbocycles. The van der Waals surface area contributed by atoms with Gasteiger partial charge in [-0.05, 0) is 65.9 Å². The average molecular weight is 675 g/mol. The van der Waals surface area contributed by atoms with Gasteiger partial charge in [0.1, 0.15) is 34.5 Å². The van der Waals surface area contributed by atoms with Crippen LogP contribution in [0.1, 0.15) is 52.5 Å². The van der Waals surface area contributed by atoms with Crippen LogP contribution in [0.2, 0.25) is 0 Å². The number of esters is 1. The second-order valence-electron chi connectivity index (χ2n) is 11.0. The first-order valence-corrected chi connectivity index (χ1v) is 15.0. The van der Waals surface area contributed by atoms with E-state index in [1.165, 1.54) is 23.6 Å². The van der Waals surface area contributed by atoms with E-state index in [0.29, 0.717) is 44.7 Å². The largest absolute Gasteiger partial charge is 0.465 e. The summed E-state index contributed by atoms with van der Waals surface area (Å²) in [7, 11) is 1.27. The van der Waals surface area contributed by atoms with Gasteiger partial charge >= 0.3 is 5.97 Å². The number of likely N-dealkylation sites (tertiary alicyclic amines) is 1. The van der Waals surface area contributed by atoms with Gasteiger partial charge < -0.3 is 15.0 Å². The number of nitrogens with one attached hydrogen (secondary N) is 1. The maximum absolute atomic E-state index is 14.1. The molecule has 13 heteroatoms. The normalized spacial score (nSPS) is 17.7. The number of amides is 2. The number of methoxy groups -OCH3 is 1. The van der Waals surface area contributed by atoms with Crippen LogP contribution < -0.4 is 5.32 Å². The Balaban J connectivity index is 1.55. The van der Waals surface area contributed by atoms with Crippen molar-refractivity contribution in [3.8, 4) is 11.1 Å². The van der Waals surface area contributed by atoms with Gasteiger partial charge in [-0.25, -0.2) is 19.7 Å². The van der Waals surface area contributed by atoms with Crippen molar-refractivity contribution >= 4 is 56.2 Å². The van der Waals surface area contributed by atoms with Crippen molar-refractivity contribution in [2.45, 2.75) is 52.7 Å². The molecule has 0 saturated carbocycles. The van der Waals surface area contributed by atoms with E-state index in [4.69, 9.17) is 4.74 Å². The molecule has 45 heavy (non-hydrogen) atoms. The Bertz CT molecular complexity index is 1850. The minimum atomic E-state index is -0.802. The number of hydrogen-bond acceptors (Lipinski definition) is 9. The molecule has 4 heterocycles. The summed E-state index contributed by atoms with van der Waals surface area (Å²) in [5.74, 6) is -0.823. The maximum atomic E-state index is 14.1. The van der Waals surface area contributed by atoms with Crippen molar-refractivity contribution in [1.29, 1.82) is 0 Å². The summed E-state index contributed by atoms with van der Waals surface area (Å²) in [5.41, 5.74) is 2.47. The van der Waals surface area contributed by atoms with Crippen LogP contribution in [0.3, 0.4) is 0 Å². The predicted octanol–water partition coefficient (Wildman–Crippen LogP) is 4.69. The number of aromatic nitrogens is 5. The highest BCUT2D eigenvalue weighted by Crippen LogP contribution is 2.34. The number of aryl methyl sites for hydroxylation is 2. The molecule has 1 aliphatic heterocycles. The third-order valence-electron chi connectivity index (χ3n) is 7.98. The molecular formula is C32H32BrN7O5. The predicted molar refractivity (Wildman–Crippen MR) is 171 cm³/mol. The number of anilines is 1. The van der Waals surface area contributed by atoms with Crippen molar-refractivity contribution in [1.82, 2.24) is 29.6 Å². The number of fused-ring (bicyclic) bond motifs is 1. The second-order valence-corrected chi connectivity index (χ2v) is 11.8. The van der Waals surface area contributed by atoms with Crippen LogP contribution in [0, 0.1) is 19.8 Å². The summed E-state index contributed by atoms with van der Waals surface area (Å²) < 4.78 is 7.01. The fourth-order valence-electron chi connectivity index (χ4n) is 5.70. The first-order chi connectivity index (χ1) is 21.4. The molecule has 232 valence electrons. The van der Waals surface area contributed by atoms with Crippen LogP contribution in [-0.4, -0.2) is 72.4 Å². The zero-order valence-electron chi connectivity index (χ0n) is 25.5. The number of carbonyl (C=O) groups excluding carboxylic acids is 4. The van der Waals surface area contributed by atoms with Crippen LogP contribution in [0.5, 0.6) is 0 Å². The van der Waals surface area contributed by atoms with Gasteiger partial charge in [0.15, 0.2) is 5.78 Å². The molecule has 0 radical (unpaired) electrons. The summed E-state index contributed by atoms with van der Waals surface area (Å²) in [5, 5.41) is 7.81. The van der Waals surface area contributed by atoms with Gasteiger partial charge in [-0.2, -0.15) is 5.10 Å². The number of hydrogen-bond donors (Lipinski definition) is 1. The molecule has 3 atom stereocenters. The first kappa shape index (κ1) is 31.6. The van der Waals surface area contributed by atoms with E-state index < -0.39 is 24.0 Å². The van der Waals surface area contributed by atoms with Gasteiger partial charge in [0.2, 0.25) is 11.8 Å². The fourth-order valence-corrected chi connectivity index (χ4v) is 6.01. The van der Waals surface area contributed by atoms with Crippen LogP contribution >= 0.6 is 15.9 Å². The Morgan fingerprint density at radius 3 is 2.51 bits per heavy atom. The summed E-state index contributed by atoms with van der Waals surface area (Å²) in [6.07, 6.45) is 5.23. The van der Waals surface area contributed by atoms with E-state index in [-0.39, 0.29) is 35.4 Å². The van der Waals surface area contributed by atoms with Crippen molar-refractivity contribution < 1.29 is 23.9 Å². The van der Waals surface area contributed by atoms with E-state index in [2.05, 4.69) is 47.9 Å². The highest BCUT2D eigenvalue weighted by molar-refractivity contribution is 9.10. The van der Waals surface area contributed by atoms with E-state index in [1.54, 1.807) is 43.6 Å². The Kier molecular flexibility index (Phi) is 8.91. The van der Waals surface area contributed by atoms with Crippen LogP contribution in [0.15, 0.2) is 53.9 Å². The third-order valence-corrected chi connectivity index (χ3v) is 8.42. The van der Waals surface area contributed by atoms with Crippen molar-refractivity contribution in [2.75, 3.05) is 12.4 Å². The molecule has 3 aromatic heterocycles. The average Bonchev–Trinajstić information content (AvgIpc) is 3.55. The molecule has 0 aliphatic carbocycles. The lowest BCUT2D eigenvalue weighted by molar-refractivity contribution is -0.138. The number of ether oxygens (including phenoxy) is 1. The van der Waals surface area contributed by atoms with E-state index in [0.717, 1.165) is 5.56 Å². The molecule has 12 nitrogen and oxygen atoms in total. The summed E-state index contributed by atoms with van der Waals surface area (Å²) in [4.78, 5) is 67.7. The fraction of sp³-hybridized carbons (Fsp3) is 0.312. The number of pyridine rings is 1. The number of carbonyl (C=O) groups is 4. The third kappa shape index (κ3) is 6.12. The summed E-state index contributed by atoms with van der Waals surface area (Å²) in [6, 6.07) is 5.59. The molecule has 1 aliphatic rings. The van der Waals surface area contributed by atoms with Gasteiger partial charge in [-0.3, -0.25) is 19.1 Å². The highest BCUT2D eigenvalue weighted by Gasteiger charge is 2.44. The van der Waals surface area contributed by atoms with Gasteiger partial charge in [0.05, 0.1) is 24.2 Å². The van der Waals surface area contributed by atoms with Crippen LogP contribution in [0.4, 0.5) is 5.82 Å². The van der Waals surface area contributed by atoms with E-state index in [9.17, 15) is 19.2 Å². The molecule has 1 fully saturated rings. The summed E-state index contributed by atoms with van der Waals surface area (Å²) in [6.45, 7) is 10.5. The minimum Gasteiger partial charge on any atom is -0.465 e. The quantitative estimate of drug-likeness (QED) is 0.122. The first-order valence-electron chi connectivity index (χ1n) is 14.2. The number of benzene rings is 1. The monoisotopic (exact) mass is 673 g/mol. The molecule has 1 N–H and O–H groups in total. The van der Waals surface area contributed by atoms with Gasteiger partial charge in [0, 0.05) is 35.8 Å². The van der Waals surface area contributed by atoms with Gasteiger partial charge in [-0.1, -0.05) is 19.1 Å². The lowest BCUT2D eigenvalue weighted by Crippen LogP contribution is -2.48. The van der Waals surface area contributed by atoms with Crippen molar-refractivity contribution in [2.24, 2.45) is 5.92 Å². The summed E-state index contributed by atoms with van der Waals surface area (Å²) >= 11 is 3.33. The standard InChI is InChI=1S/C32H32BrN7O5/c1-7-24-17(3)10-26(31(43)37-30-16(2)8-9-27(33)36-30)40(24)28(42)15-39-25-12-22(32(44)45-6)21(20-13-34-19(5)35-14-20)11-23(25)29(38-39)18(4)41/h7-9,11-14,17,24,26H,1,10,15H2,2-6H3,(H,36,37,43)/t17-,24+,26-/m0/s1. The zero-order valence-corrected chi connectivity index (χ0v) is 27.1. The molecule has 4 aromatic rings. The molecular weight excluding hydrogens is 642 g/mol. The Morgan fingerprint density at radius 2 is 1.87 bits per heavy atom. The van der Waals surface area contributed by atoms with Crippen molar-refractivity contribution in [3.05, 3.63) is 76.6 Å². The minimum absolute atomic E-state index is 0.0499. The van der Waals surface area contributed by atoms with Gasteiger partial charge in [-0.15, -0.1) is 6.58 Å². The molecule has 0 unspecified atom stereocenters. The number of rotatable bonds is 8. The van der Waals surface area contributed by atoms with Crippen molar-refractivity contribution in [3.63, 3.8) is 0 Å². The number of ketones is 1. The van der Waals surface area contributed by atoms with E-state index in [1.807, 2.05) is 19.9 Å². The lowest BCUT2D eigenvalue weighted by Gasteiger charge is -2.29. The maximum Gasteiger partial charge on any atom is 0.338 e. The molecule has 0 spiro atoms. The van der Waals surface area contributed by atoms with E-state index >= 15 is 0 Å². The van der Waals surface area contributed by atoms with Crippen LogP contribution in [-0.2, 0) is 20.9 Å². The Morgan fingerprint density at radius 1 is 1.16 bits per heavy atom. The molecule has 1 saturated heterocycles. The number of halogens is 1. The molecule has 2 amide bonds.